The fourth-order valence-corrected chi connectivity index (χ4v) is 9.23. The number of hydrogen-bond donors (Lipinski definition) is 17. The van der Waals surface area contributed by atoms with Crippen LogP contribution in [0.2, 0.25) is 0 Å². The summed E-state index contributed by atoms with van der Waals surface area (Å²) >= 11 is 0. The average molecular weight is 1270 g/mol. The fraction of sp³-hybridized carbons (Fsp3) is 0.419. The first-order chi connectivity index (χ1) is 43.0. The minimum absolute atomic E-state index is 0.0715. The predicted molar refractivity (Wildman–Crippen MR) is 326 cm³/mol. The minimum Gasteiger partial charge on any atom is -0.508 e. The molecular weight excluding hydrogens is 1190 g/mol. The van der Waals surface area contributed by atoms with Gasteiger partial charge in [-0.1, -0.05) is 107 Å². The van der Waals surface area contributed by atoms with Crippen molar-refractivity contribution < 1.29 is 88.2 Å². The van der Waals surface area contributed by atoms with E-state index in [0.29, 0.717) is 22.3 Å². The second kappa shape index (κ2) is 35.7. The van der Waals surface area contributed by atoms with E-state index in [2.05, 4.69) is 47.9 Å². The second-order valence-corrected chi connectivity index (χ2v) is 22.0. The SMILES string of the molecule is CC[C@H](C)[C@H](NC(=O)[C@H](Cc1ccc(O)cc1)NC(=O)[C@H](Cc1ccc(O)cc1)NC(=O)[C@H](CC(=O)O)NC(=O)[C@@H](NC(=O)[C@H](Cc1ccccc1)NC(=O)[C@@H](NC(=O)[C@H](Cc1ccc(O)cc1)NC(=O)CN)[C@@H](C)O)[C@@H](C)CC)C(=O)N[C@@H](CC(N)=O)C(=O)O. The summed E-state index contributed by atoms with van der Waals surface area (Å²) in [5.41, 5.74) is 12.4. The van der Waals surface area contributed by atoms with Gasteiger partial charge in [0.1, 0.15) is 71.6 Å². The Balaban J connectivity index is 1.67. The van der Waals surface area contributed by atoms with Crippen LogP contribution in [0.3, 0.4) is 0 Å². The predicted octanol–water partition coefficient (Wildman–Crippen LogP) is -1.70. The maximum Gasteiger partial charge on any atom is 0.326 e. The van der Waals surface area contributed by atoms with E-state index in [4.69, 9.17) is 11.5 Å². The fourth-order valence-electron chi connectivity index (χ4n) is 9.23. The Hall–Kier alpha value is -10.2. The van der Waals surface area contributed by atoms with Crippen LogP contribution in [0.1, 0.15) is 82.6 Å². The first-order valence-corrected chi connectivity index (χ1v) is 29.2. The van der Waals surface area contributed by atoms with E-state index in [-0.39, 0.29) is 49.4 Å². The zero-order chi connectivity index (χ0) is 67.6. The normalized spacial score (nSPS) is 15.0. The van der Waals surface area contributed by atoms with Gasteiger partial charge in [-0.25, -0.2) is 4.79 Å². The van der Waals surface area contributed by atoms with Crippen molar-refractivity contribution in [3.05, 3.63) is 125 Å². The second-order valence-electron chi connectivity index (χ2n) is 22.0. The maximum atomic E-state index is 14.7. The number of aliphatic carboxylic acids is 2. The quantitative estimate of drug-likeness (QED) is 0.0241. The number of aliphatic hydroxyl groups is 1. The molecule has 0 aliphatic rings. The highest BCUT2D eigenvalue weighted by Gasteiger charge is 2.39. The molecule has 0 spiro atoms. The highest BCUT2D eigenvalue weighted by molar-refractivity contribution is 6.00. The number of benzene rings is 4. The van der Waals surface area contributed by atoms with Crippen molar-refractivity contribution in [2.75, 3.05) is 6.54 Å². The molecule has 4 rings (SSSR count). The van der Waals surface area contributed by atoms with Crippen molar-refractivity contribution >= 4 is 71.0 Å². The van der Waals surface area contributed by atoms with Gasteiger partial charge in [-0.3, -0.25) is 52.7 Å². The number of carbonyl (C=O) groups excluding carboxylic acids is 10. The lowest BCUT2D eigenvalue weighted by atomic mass is 9.96. The lowest BCUT2D eigenvalue weighted by Gasteiger charge is -2.30. The summed E-state index contributed by atoms with van der Waals surface area (Å²) in [6.07, 6.45) is -4.22. The summed E-state index contributed by atoms with van der Waals surface area (Å²) in [5.74, 6) is -15.3. The Kier molecular flexibility index (Phi) is 28.8. The Morgan fingerprint density at radius 2 is 0.703 bits per heavy atom. The minimum atomic E-state index is -2.00. The topological polar surface area (TPSA) is 487 Å². The number of nitrogens with two attached hydrogens (primary N) is 2. The zero-order valence-corrected chi connectivity index (χ0v) is 50.8. The molecule has 12 atom stereocenters. The van der Waals surface area contributed by atoms with Crippen LogP contribution in [-0.4, -0.2) is 169 Å². The standard InChI is InChI=1S/C62H81N11O18/c1-6-32(3)51(71-58(86)45(25-35-11-9-8-10-12-35)68-61(89)53(34(5)74)73-56(84)42(65-49(79)31-63)26-36-13-19-39(75)20-14-36)59(87)69-46(30-50(80)81)55(83)66-43(27-37-15-21-40(76)22-16-37)54(82)67-44(28-38-17-23-41(77)24-18-38)57(85)72-52(33(4)7-2)60(88)70-47(62(90)91)29-48(64)78/h8-24,32-34,42-47,51-53,74-77H,6-7,25-31,63H2,1-5H3,(H2,64,78)(H,65,79)(H,66,83)(H,67,82)(H,68,89)(H,69,87)(H,70,88)(H,71,86)(H,72,85)(H,73,84)(H,80,81)(H,90,91)/t32-,33-,34+,42-,43-,44-,45-,46-,47-,51-,52-,53-/m0/s1. The molecule has 0 aliphatic carbocycles. The number of amides is 10. The Morgan fingerprint density at radius 3 is 1.04 bits per heavy atom. The van der Waals surface area contributed by atoms with Crippen LogP contribution >= 0.6 is 0 Å². The van der Waals surface area contributed by atoms with Crippen LogP contribution < -0.4 is 59.3 Å². The van der Waals surface area contributed by atoms with Gasteiger partial charge in [0.05, 0.1) is 25.5 Å². The molecule has 0 aromatic heterocycles. The number of carboxylic acid groups (broad SMARTS) is 2. The van der Waals surface area contributed by atoms with E-state index in [1.165, 1.54) is 79.7 Å². The molecule has 0 aliphatic heterocycles. The number of primary amides is 1. The molecule has 29 nitrogen and oxygen atoms in total. The maximum absolute atomic E-state index is 14.7. The highest BCUT2D eigenvalue weighted by atomic mass is 16.4. The average Bonchev–Trinajstić information content (AvgIpc) is 1.80. The van der Waals surface area contributed by atoms with Gasteiger partial charge in [0.25, 0.3) is 0 Å². The van der Waals surface area contributed by atoms with Gasteiger partial charge in [-0.05, 0) is 77.4 Å². The number of rotatable bonds is 36. The largest absolute Gasteiger partial charge is 0.508 e. The highest BCUT2D eigenvalue weighted by Crippen LogP contribution is 2.18. The van der Waals surface area contributed by atoms with Gasteiger partial charge >= 0.3 is 11.9 Å². The van der Waals surface area contributed by atoms with Gasteiger partial charge in [-0.15, -0.1) is 0 Å². The number of carbonyl (C=O) groups is 12. The number of phenols is 3. The number of phenolic OH excluding ortho intramolecular Hbond substituents is 3. The van der Waals surface area contributed by atoms with Gasteiger partial charge < -0.3 is 90.0 Å². The van der Waals surface area contributed by atoms with Crippen LogP contribution in [0, 0.1) is 11.8 Å². The molecule has 0 bridgehead atoms. The van der Waals surface area contributed by atoms with Crippen molar-refractivity contribution in [2.24, 2.45) is 23.3 Å². The van der Waals surface area contributed by atoms with Crippen LogP contribution in [0.5, 0.6) is 17.2 Å². The third-order valence-electron chi connectivity index (χ3n) is 14.8. The third kappa shape index (κ3) is 24.0. The van der Waals surface area contributed by atoms with Crippen molar-refractivity contribution in [3.8, 4) is 17.2 Å². The molecule has 0 unspecified atom stereocenters. The number of nitrogens with one attached hydrogen (secondary N) is 9. The Morgan fingerprint density at radius 1 is 0.396 bits per heavy atom. The van der Waals surface area contributed by atoms with Crippen LogP contribution in [0.15, 0.2) is 103 Å². The van der Waals surface area contributed by atoms with E-state index in [9.17, 15) is 88.2 Å². The summed E-state index contributed by atoms with van der Waals surface area (Å²) in [5, 5.41) is 82.8. The van der Waals surface area contributed by atoms with Crippen LogP contribution in [0.4, 0.5) is 0 Å². The van der Waals surface area contributed by atoms with Gasteiger partial charge in [-0.2, -0.15) is 0 Å². The first-order valence-electron chi connectivity index (χ1n) is 29.2. The number of aliphatic hydroxyl groups excluding tert-OH is 1. The third-order valence-corrected chi connectivity index (χ3v) is 14.8. The molecule has 91 heavy (non-hydrogen) atoms. The van der Waals surface area contributed by atoms with E-state index < -0.39 is 169 Å². The van der Waals surface area contributed by atoms with Crippen molar-refractivity contribution in [1.29, 1.82) is 0 Å². The molecule has 29 heteroatoms. The van der Waals surface area contributed by atoms with Gasteiger partial charge in [0.2, 0.25) is 59.1 Å². The van der Waals surface area contributed by atoms with Crippen LogP contribution in [0.25, 0.3) is 0 Å². The van der Waals surface area contributed by atoms with Gasteiger partial charge in [0, 0.05) is 25.7 Å². The van der Waals surface area contributed by atoms with Crippen molar-refractivity contribution in [1.82, 2.24) is 47.9 Å². The monoisotopic (exact) mass is 1270 g/mol. The summed E-state index contributed by atoms with van der Waals surface area (Å²) in [6, 6.07) is 9.84. The molecule has 0 fully saturated rings. The van der Waals surface area contributed by atoms with E-state index in [1.54, 1.807) is 58.0 Å². The molecule has 0 saturated heterocycles. The van der Waals surface area contributed by atoms with E-state index >= 15 is 0 Å². The Labute approximate surface area is 524 Å². The molecule has 19 N–H and O–H groups in total. The summed E-state index contributed by atoms with van der Waals surface area (Å²) < 4.78 is 0. The number of carboxylic acids is 2. The molecule has 0 saturated carbocycles. The molecule has 0 radical (unpaired) electrons. The smallest absolute Gasteiger partial charge is 0.326 e. The summed E-state index contributed by atoms with van der Waals surface area (Å²) in [4.78, 5) is 163. The zero-order valence-electron chi connectivity index (χ0n) is 50.8. The van der Waals surface area contributed by atoms with Crippen molar-refractivity contribution in [2.45, 2.75) is 146 Å². The summed E-state index contributed by atoms with van der Waals surface area (Å²) in [7, 11) is 0. The molecular formula is C62H81N11O18. The Bertz CT molecular complexity index is 3170. The lowest BCUT2D eigenvalue weighted by Crippen LogP contribution is -2.63. The van der Waals surface area contributed by atoms with E-state index in [0.717, 1.165) is 0 Å². The van der Waals surface area contributed by atoms with Gasteiger partial charge in [0.15, 0.2) is 0 Å². The van der Waals surface area contributed by atoms with Crippen molar-refractivity contribution in [3.63, 3.8) is 0 Å². The van der Waals surface area contributed by atoms with E-state index in [1.807, 2.05) is 0 Å². The molecule has 4 aromatic rings. The molecule has 4 aromatic carbocycles. The molecule has 492 valence electrons. The lowest BCUT2D eigenvalue weighted by molar-refractivity contribution is -0.144. The molecule has 10 amide bonds. The van der Waals surface area contributed by atoms with Crippen LogP contribution in [-0.2, 0) is 83.2 Å². The number of hydrogen-bond acceptors (Lipinski definition) is 17. The first kappa shape index (κ1) is 73.3. The number of aromatic hydroxyl groups is 3. The summed E-state index contributed by atoms with van der Waals surface area (Å²) in [6.45, 7) is 7.12. The molecule has 0 heterocycles.